The maximum absolute atomic E-state index is 9.64. The minimum Gasteiger partial charge on any atom is -0.396 e. The number of hydrogen-bond donors (Lipinski definition) is 4. The maximum Gasteiger partial charge on any atom is 0.0540 e. The molecule has 2 unspecified atom stereocenters. The molecular formula is C26H56O4. The monoisotopic (exact) mass is 432 g/mol. The van der Waals surface area contributed by atoms with Gasteiger partial charge >= 0.3 is 0 Å². The first kappa shape index (κ1) is 32.0. The Morgan fingerprint density at radius 3 is 0.933 bits per heavy atom. The normalized spacial score (nSPS) is 13.0. The minimum absolute atomic E-state index is 0.106. The fourth-order valence-electron chi connectivity index (χ4n) is 3.59. The Morgan fingerprint density at radius 1 is 0.400 bits per heavy atom. The summed E-state index contributed by atoms with van der Waals surface area (Å²) in [5.74, 6) is 0. The Bertz CT molecular complexity index is 258. The number of hydrogen-bond acceptors (Lipinski definition) is 4. The van der Waals surface area contributed by atoms with E-state index in [1.54, 1.807) is 0 Å². The first-order valence-electron chi connectivity index (χ1n) is 13.2. The van der Waals surface area contributed by atoms with Gasteiger partial charge in [0.15, 0.2) is 0 Å². The standard InChI is InChI=1S/2C13H28O2/c2*1-2-3-4-5-7-10-13(15)11-8-6-9-12-14/h2*13-15H,2-12H2,1H3. The first-order valence-corrected chi connectivity index (χ1v) is 13.2. The summed E-state index contributed by atoms with van der Waals surface area (Å²) in [4.78, 5) is 0. The van der Waals surface area contributed by atoms with Crippen molar-refractivity contribution < 1.29 is 20.4 Å². The van der Waals surface area contributed by atoms with E-state index in [1.807, 2.05) is 0 Å². The van der Waals surface area contributed by atoms with Gasteiger partial charge in [0.2, 0.25) is 0 Å². The summed E-state index contributed by atoms with van der Waals surface area (Å²) in [5, 5.41) is 36.5. The molecule has 0 radical (unpaired) electrons. The molecule has 0 saturated carbocycles. The second-order valence-corrected chi connectivity index (χ2v) is 8.86. The van der Waals surface area contributed by atoms with Crippen LogP contribution in [0.2, 0.25) is 0 Å². The molecule has 0 spiro atoms. The van der Waals surface area contributed by atoms with E-state index in [0.29, 0.717) is 0 Å². The van der Waals surface area contributed by atoms with E-state index in [4.69, 9.17) is 10.2 Å². The topological polar surface area (TPSA) is 80.9 Å². The molecule has 0 amide bonds. The molecule has 0 saturated heterocycles. The van der Waals surface area contributed by atoms with Crippen LogP contribution < -0.4 is 0 Å². The number of aliphatic hydroxyl groups excluding tert-OH is 4. The summed E-state index contributed by atoms with van der Waals surface area (Å²) in [5.41, 5.74) is 0. The van der Waals surface area contributed by atoms with Crippen molar-refractivity contribution in [3.05, 3.63) is 0 Å². The third-order valence-electron chi connectivity index (χ3n) is 5.67. The van der Waals surface area contributed by atoms with E-state index in [0.717, 1.165) is 64.2 Å². The third-order valence-corrected chi connectivity index (χ3v) is 5.67. The van der Waals surface area contributed by atoms with Crippen LogP contribution in [0.4, 0.5) is 0 Å². The Hall–Kier alpha value is -0.160. The van der Waals surface area contributed by atoms with Crippen LogP contribution >= 0.6 is 0 Å². The van der Waals surface area contributed by atoms with Crippen molar-refractivity contribution in [1.82, 2.24) is 0 Å². The van der Waals surface area contributed by atoms with Gasteiger partial charge in [0.1, 0.15) is 0 Å². The highest BCUT2D eigenvalue weighted by atomic mass is 16.3. The highest BCUT2D eigenvalue weighted by Crippen LogP contribution is 2.13. The van der Waals surface area contributed by atoms with Crippen LogP contribution in [0.15, 0.2) is 0 Å². The zero-order valence-electron chi connectivity index (χ0n) is 20.5. The quantitative estimate of drug-likeness (QED) is 0.147. The molecule has 0 aromatic carbocycles. The molecule has 0 aromatic rings. The zero-order chi connectivity index (χ0) is 22.7. The van der Waals surface area contributed by atoms with E-state index >= 15 is 0 Å². The summed E-state index contributed by atoms with van der Waals surface area (Å²) in [6.07, 6.45) is 22.2. The molecule has 0 rings (SSSR count). The fourth-order valence-corrected chi connectivity index (χ4v) is 3.59. The van der Waals surface area contributed by atoms with Crippen LogP contribution in [0.1, 0.15) is 142 Å². The summed E-state index contributed by atoms with van der Waals surface area (Å²) in [7, 11) is 0. The van der Waals surface area contributed by atoms with E-state index in [1.165, 1.54) is 64.2 Å². The second kappa shape index (κ2) is 28.8. The van der Waals surface area contributed by atoms with Crippen molar-refractivity contribution >= 4 is 0 Å². The van der Waals surface area contributed by atoms with Crippen molar-refractivity contribution in [2.24, 2.45) is 0 Å². The average Bonchev–Trinajstić information content (AvgIpc) is 2.74. The smallest absolute Gasteiger partial charge is 0.0540 e. The molecule has 184 valence electrons. The Labute approximate surface area is 188 Å². The van der Waals surface area contributed by atoms with Gasteiger partial charge in [-0.3, -0.25) is 0 Å². The fraction of sp³-hybridized carbons (Fsp3) is 1.00. The van der Waals surface area contributed by atoms with E-state index in [9.17, 15) is 10.2 Å². The molecule has 4 N–H and O–H groups in total. The molecular weight excluding hydrogens is 376 g/mol. The molecule has 4 heteroatoms. The van der Waals surface area contributed by atoms with Crippen LogP contribution in [0.3, 0.4) is 0 Å². The molecule has 4 nitrogen and oxygen atoms in total. The largest absolute Gasteiger partial charge is 0.396 e. The molecule has 0 aliphatic carbocycles. The predicted molar refractivity (Wildman–Crippen MR) is 130 cm³/mol. The van der Waals surface area contributed by atoms with Crippen LogP contribution in [0.5, 0.6) is 0 Å². The lowest BCUT2D eigenvalue weighted by Crippen LogP contribution is -2.06. The third kappa shape index (κ3) is 30.0. The minimum atomic E-state index is -0.106. The van der Waals surface area contributed by atoms with Crippen LogP contribution in [-0.2, 0) is 0 Å². The van der Waals surface area contributed by atoms with E-state index in [-0.39, 0.29) is 25.4 Å². The van der Waals surface area contributed by atoms with E-state index < -0.39 is 0 Å². The lowest BCUT2D eigenvalue weighted by molar-refractivity contribution is 0.146. The van der Waals surface area contributed by atoms with Gasteiger partial charge in [0, 0.05) is 13.2 Å². The Morgan fingerprint density at radius 2 is 0.667 bits per heavy atom. The Kier molecular flexibility index (Phi) is 30.8. The number of aliphatic hydroxyl groups is 4. The molecule has 0 bridgehead atoms. The lowest BCUT2D eigenvalue weighted by atomic mass is 10.0. The Balaban J connectivity index is 0. The SMILES string of the molecule is CCCCCCCC(O)CCCCCO.CCCCCCCC(O)CCCCCO. The molecule has 0 aliphatic heterocycles. The van der Waals surface area contributed by atoms with Crippen molar-refractivity contribution in [3.63, 3.8) is 0 Å². The summed E-state index contributed by atoms with van der Waals surface area (Å²) >= 11 is 0. The highest BCUT2D eigenvalue weighted by molar-refractivity contribution is 4.58. The zero-order valence-corrected chi connectivity index (χ0v) is 20.5. The van der Waals surface area contributed by atoms with Crippen molar-refractivity contribution in [1.29, 1.82) is 0 Å². The van der Waals surface area contributed by atoms with Crippen molar-refractivity contribution in [2.75, 3.05) is 13.2 Å². The van der Waals surface area contributed by atoms with Gasteiger partial charge in [-0.05, 0) is 38.5 Å². The van der Waals surface area contributed by atoms with Crippen molar-refractivity contribution in [2.45, 2.75) is 154 Å². The van der Waals surface area contributed by atoms with Crippen LogP contribution in [0.25, 0.3) is 0 Å². The van der Waals surface area contributed by atoms with Gasteiger partial charge in [0.05, 0.1) is 12.2 Å². The molecule has 0 aliphatic rings. The summed E-state index contributed by atoms with van der Waals surface area (Å²) in [6.45, 7) is 5.01. The van der Waals surface area contributed by atoms with Gasteiger partial charge in [-0.25, -0.2) is 0 Å². The maximum atomic E-state index is 9.64. The molecule has 0 aromatic heterocycles. The molecule has 2 atom stereocenters. The summed E-state index contributed by atoms with van der Waals surface area (Å²) in [6, 6.07) is 0. The number of unbranched alkanes of at least 4 members (excludes halogenated alkanes) is 12. The van der Waals surface area contributed by atoms with Crippen LogP contribution in [0, 0.1) is 0 Å². The van der Waals surface area contributed by atoms with Gasteiger partial charge in [0.25, 0.3) is 0 Å². The van der Waals surface area contributed by atoms with Crippen LogP contribution in [-0.4, -0.2) is 45.8 Å². The van der Waals surface area contributed by atoms with E-state index in [2.05, 4.69) is 13.8 Å². The predicted octanol–water partition coefficient (Wildman–Crippen LogP) is 6.52. The lowest BCUT2D eigenvalue weighted by Gasteiger charge is -2.09. The molecule has 0 heterocycles. The van der Waals surface area contributed by atoms with Gasteiger partial charge < -0.3 is 20.4 Å². The highest BCUT2D eigenvalue weighted by Gasteiger charge is 2.04. The van der Waals surface area contributed by atoms with Crippen molar-refractivity contribution in [3.8, 4) is 0 Å². The van der Waals surface area contributed by atoms with Gasteiger partial charge in [-0.15, -0.1) is 0 Å². The molecule has 30 heavy (non-hydrogen) atoms. The average molecular weight is 433 g/mol. The number of rotatable bonds is 22. The van der Waals surface area contributed by atoms with Gasteiger partial charge in [-0.1, -0.05) is 104 Å². The second-order valence-electron chi connectivity index (χ2n) is 8.86. The molecule has 0 fully saturated rings. The first-order chi connectivity index (χ1) is 14.6. The van der Waals surface area contributed by atoms with Gasteiger partial charge in [-0.2, -0.15) is 0 Å². The summed E-state index contributed by atoms with van der Waals surface area (Å²) < 4.78 is 0.